The van der Waals surface area contributed by atoms with E-state index in [4.69, 9.17) is 9.31 Å². The van der Waals surface area contributed by atoms with E-state index in [0.717, 1.165) is 0 Å². The summed E-state index contributed by atoms with van der Waals surface area (Å²) in [6.45, 7) is 3.48. The Balaban J connectivity index is 2.23. The average molecular weight is 212 g/mol. The third-order valence-corrected chi connectivity index (χ3v) is 3.05. The summed E-state index contributed by atoms with van der Waals surface area (Å²) in [7, 11) is -0.189. The van der Waals surface area contributed by atoms with Gasteiger partial charge in [0.15, 0.2) is 0 Å². The first-order chi connectivity index (χ1) is 7.86. The van der Waals surface area contributed by atoms with Crippen LogP contribution in [0.25, 0.3) is 10.8 Å². The van der Waals surface area contributed by atoms with Crippen LogP contribution in [0.2, 0.25) is 0 Å². The first kappa shape index (κ1) is 9.88. The molecule has 1 heterocycles. The molecule has 0 bridgehead atoms. The van der Waals surface area contributed by atoms with Gasteiger partial charge in [0.1, 0.15) is 0 Å². The second kappa shape index (κ2) is 3.93. The molecule has 0 atom stereocenters. The lowest BCUT2D eigenvalue weighted by Crippen LogP contribution is -2.34. The quantitative estimate of drug-likeness (QED) is 0.672. The van der Waals surface area contributed by atoms with Crippen molar-refractivity contribution < 1.29 is 9.31 Å². The van der Waals surface area contributed by atoms with Crippen LogP contribution in [0, 0.1) is 6.92 Å². The summed E-state index contributed by atoms with van der Waals surface area (Å²) >= 11 is 0. The molecule has 0 unspecified atom stereocenters. The molecular weight excluding hydrogens is 199 g/mol. The fraction of sp³-hybridized carbons (Fsp3) is 0.231. The zero-order chi connectivity index (χ0) is 11.0. The van der Waals surface area contributed by atoms with Crippen molar-refractivity contribution in [1.82, 2.24) is 0 Å². The molecule has 0 radical (unpaired) electrons. The Morgan fingerprint density at radius 2 is 1.75 bits per heavy atom. The molecule has 1 fully saturated rings. The molecule has 0 amide bonds. The fourth-order valence-electron chi connectivity index (χ4n) is 2.24. The van der Waals surface area contributed by atoms with Crippen LogP contribution in [-0.2, 0) is 9.31 Å². The monoisotopic (exact) mass is 212 g/mol. The van der Waals surface area contributed by atoms with Crippen molar-refractivity contribution >= 4 is 23.4 Å². The van der Waals surface area contributed by atoms with Crippen molar-refractivity contribution in [3.63, 3.8) is 0 Å². The summed E-state index contributed by atoms with van der Waals surface area (Å²) in [5.41, 5.74) is 2.40. The largest absolute Gasteiger partial charge is 0.494 e. The van der Waals surface area contributed by atoms with Gasteiger partial charge >= 0.3 is 7.12 Å². The molecule has 0 N–H and O–H groups in total. The Hall–Kier alpha value is -1.32. The molecule has 0 aliphatic carbocycles. The smallest absolute Gasteiger partial charge is 0.405 e. The number of aryl methyl sites for hydroxylation is 1. The van der Waals surface area contributed by atoms with E-state index in [1.54, 1.807) is 0 Å². The molecule has 3 heteroatoms. The summed E-state index contributed by atoms with van der Waals surface area (Å²) in [4.78, 5) is 0. The average Bonchev–Trinajstić information content (AvgIpc) is 2.82. The van der Waals surface area contributed by atoms with Gasteiger partial charge in [0.05, 0.1) is 13.2 Å². The molecule has 16 heavy (non-hydrogen) atoms. The van der Waals surface area contributed by atoms with Gasteiger partial charge in [-0.1, -0.05) is 42.0 Å². The van der Waals surface area contributed by atoms with Crippen LogP contribution in [0.15, 0.2) is 36.4 Å². The second-order valence-electron chi connectivity index (χ2n) is 4.09. The van der Waals surface area contributed by atoms with Gasteiger partial charge in [-0.25, -0.2) is 0 Å². The molecule has 0 spiro atoms. The lowest BCUT2D eigenvalue weighted by Gasteiger charge is -2.11. The molecule has 3 rings (SSSR count). The standard InChI is InChI=1S/C13H13BO2/c1-10-6-7-11-4-2-3-5-12(11)13(10)14-15-8-9-16-14/h2-7H,8-9H2,1H3. The molecule has 0 saturated carbocycles. The van der Waals surface area contributed by atoms with Gasteiger partial charge in [-0.05, 0) is 23.2 Å². The number of fused-ring (bicyclic) bond motifs is 1. The fourth-order valence-corrected chi connectivity index (χ4v) is 2.24. The van der Waals surface area contributed by atoms with Gasteiger partial charge in [0.2, 0.25) is 0 Å². The summed E-state index contributed by atoms with van der Waals surface area (Å²) in [5, 5.41) is 2.47. The van der Waals surface area contributed by atoms with Gasteiger partial charge in [-0.3, -0.25) is 0 Å². The van der Waals surface area contributed by atoms with Gasteiger partial charge in [-0.15, -0.1) is 0 Å². The summed E-state index contributed by atoms with van der Waals surface area (Å²) in [6, 6.07) is 12.6. The molecule has 1 aliphatic rings. The minimum Gasteiger partial charge on any atom is -0.405 e. The van der Waals surface area contributed by atoms with E-state index in [1.165, 1.54) is 21.8 Å². The number of benzene rings is 2. The molecule has 1 saturated heterocycles. The van der Waals surface area contributed by atoms with Crippen molar-refractivity contribution in [2.45, 2.75) is 6.92 Å². The summed E-state index contributed by atoms with van der Waals surface area (Å²) in [6.07, 6.45) is 0. The van der Waals surface area contributed by atoms with E-state index in [9.17, 15) is 0 Å². The third kappa shape index (κ3) is 1.53. The molecule has 2 nitrogen and oxygen atoms in total. The topological polar surface area (TPSA) is 18.5 Å². The van der Waals surface area contributed by atoms with Gasteiger partial charge in [0.25, 0.3) is 0 Å². The minimum absolute atomic E-state index is 0.189. The highest BCUT2D eigenvalue weighted by Gasteiger charge is 2.29. The molecule has 0 aromatic heterocycles. The van der Waals surface area contributed by atoms with Crippen molar-refractivity contribution in [1.29, 1.82) is 0 Å². The van der Waals surface area contributed by atoms with E-state index in [1.807, 2.05) is 0 Å². The van der Waals surface area contributed by atoms with E-state index in [2.05, 4.69) is 43.3 Å². The highest BCUT2D eigenvalue weighted by atomic mass is 16.6. The zero-order valence-electron chi connectivity index (χ0n) is 9.27. The Morgan fingerprint density at radius 3 is 2.56 bits per heavy atom. The predicted molar refractivity (Wildman–Crippen MR) is 66.0 cm³/mol. The molecule has 80 valence electrons. The van der Waals surface area contributed by atoms with E-state index < -0.39 is 0 Å². The van der Waals surface area contributed by atoms with Gasteiger partial charge in [-0.2, -0.15) is 0 Å². The van der Waals surface area contributed by atoms with Crippen LogP contribution in [0.5, 0.6) is 0 Å². The van der Waals surface area contributed by atoms with Gasteiger partial charge in [0, 0.05) is 0 Å². The van der Waals surface area contributed by atoms with Crippen LogP contribution in [0.3, 0.4) is 0 Å². The second-order valence-corrected chi connectivity index (χ2v) is 4.09. The highest BCUT2D eigenvalue weighted by Crippen LogP contribution is 2.16. The Labute approximate surface area is 95.3 Å². The Morgan fingerprint density at radius 1 is 1.00 bits per heavy atom. The number of rotatable bonds is 1. The Kier molecular flexibility index (Phi) is 2.42. The van der Waals surface area contributed by atoms with E-state index in [-0.39, 0.29) is 7.12 Å². The molecule has 2 aromatic rings. The molecular formula is C13H13BO2. The predicted octanol–water partition coefficient (Wildman–Crippen LogP) is 1.89. The van der Waals surface area contributed by atoms with Crippen molar-refractivity contribution in [2.75, 3.05) is 13.2 Å². The number of hydrogen-bond acceptors (Lipinski definition) is 2. The third-order valence-electron chi connectivity index (χ3n) is 3.05. The normalized spacial score (nSPS) is 15.9. The Bertz CT molecular complexity index is 518. The maximum absolute atomic E-state index is 5.61. The summed E-state index contributed by atoms with van der Waals surface area (Å²) < 4.78 is 11.2. The van der Waals surface area contributed by atoms with E-state index >= 15 is 0 Å². The van der Waals surface area contributed by atoms with Crippen molar-refractivity contribution in [3.05, 3.63) is 42.0 Å². The van der Waals surface area contributed by atoms with Crippen LogP contribution in [-0.4, -0.2) is 20.3 Å². The SMILES string of the molecule is Cc1ccc2ccccc2c1B1OCCO1. The lowest BCUT2D eigenvalue weighted by molar-refractivity contribution is 0.365. The van der Waals surface area contributed by atoms with Crippen molar-refractivity contribution in [3.8, 4) is 0 Å². The van der Waals surface area contributed by atoms with Crippen LogP contribution in [0.4, 0.5) is 0 Å². The van der Waals surface area contributed by atoms with Crippen LogP contribution < -0.4 is 5.46 Å². The molecule has 2 aromatic carbocycles. The number of hydrogen-bond donors (Lipinski definition) is 0. The first-order valence-electron chi connectivity index (χ1n) is 5.58. The van der Waals surface area contributed by atoms with Crippen LogP contribution in [0.1, 0.15) is 5.56 Å². The minimum atomic E-state index is -0.189. The van der Waals surface area contributed by atoms with Gasteiger partial charge < -0.3 is 9.31 Å². The highest BCUT2D eigenvalue weighted by molar-refractivity contribution is 6.65. The van der Waals surface area contributed by atoms with Crippen molar-refractivity contribution in [2.24, 2.45) is 0 Å². The van der Waals surface area contributed by atoms with Crippen LogP contribution >= 0.6 is 0 Å². The maximum atomic E-state index is 5.61. The maximum Gasteiger partial charge on any atom is 0.494 e. The van der Waals surface area contributed by atoms with E-state index in [0.29, 0.717) is 13.2 Å². The molecule has 1 aliphatic heterocycles. The zero-order valence-corrected chi connectivity index (χ0v) is 9.27. The lowest BCUT2D eigenvalue weighted by atomic mass is 9.73. The first-order valence-corrected chi connectivity index (χ1v) is 5.58. The summed E-state index contributed by atoms with van der Waals surface area (Å²) in [5.74, 6) is 0.